The lowest BCUT2D eigenvalue weighted by Gasteiger charge is -2.23. The number of aromatic nitrogens is 6. The highest BCUT2D eigenvalue weighted by Crippen LogP contribution is 2.33. The monoisotopic (exact) mass is 866 g/mol. The molecule has 8 aromatic rings. The molecule has 5 aromatic heterocycles. The number of hydrogen-bond acceptors (Lipinski definition) is 11. The van der Waals surface area contributed by atoms with E-state index in [-0.39, 0.29) is 23.2 Å². The van der Waals surface area contributed by atoms with E-state index < -0.39 is 0 Å². The zero-order chi connectivity index (χ0) is 44.6. The Morgan fingerprint density at radius 3 is 2.09 bits per heavy atom. The van der Waals surface area contributed by atoms with Crippen LogP contribution in [0.2, 0.25) is 0 Å². The second-order valence-electron chi connectivity index (χ2n) is 15.9. The number of pyridine rings is 2. The number of fused-ring (bicyclic) bond motifs is 1. The zero-order valence-electron chi connectivity index (χ0n) is 36.3. The molecular formula is C51H50N10O2S. The minimum absolute atomic E-state index is 0.0887. The molecule has 0 radical (unpaired) electrons. The molecule has 13 heteroatoms. The molecule has 64 heavy (non-hydrogen) atoms. The maximum Gasteiger partial charge on any atom is 0.264 e. The van der Waals surface area contributed by atoms with Crippen LogP contribution < -0.4 is 27.5 Å². The van der Waals surface area contributed by atoms with Gasteiger partial charge in [0, 0.05) is 86.3 Å². The fourth-order valence-electron chi connectivity index (χ4n) is 7.70. The summed E-state index contributed by atoms with van der Waals surface area (Å²) in [7, 11) is 3.46. The van der Waals surface area contributed by atoms with Gasteiger partial charge in [0.15, 0.2) is 0 Å². The molecule has 0 aliphatic carbocycles. The first-order valence-electron chi connectivity index (χ1n) is 21.2. The van der Waals surface area contributed by atoms with Gasteiger partial charge >= 0.3 is 0 Å². The normalized spacial score (nSPS) is 13.8. The number of rotatable bonds is 11. The second kappa shape index (κ2) is 19.9. The Hall–Kier alpha value is -7.19. The number of nitrogens with one attached hydrogen (secondary N) is 2. The highest BCUT2D eigenvalue weighted by molar-refractivity contribution is 7.13. The predicted octanol–water partition coefficient (Wildman–Crippen LogP) is 8.10. The highest BCUT2D eigenvalue weighted by Gasteiger charge is 2.22. The molecule has 0 unspecified atom stereocenters. The van der Waals surface area contributed by atoms with Crippen LogP contribution in [0.25, 0.3) is 44.1 Å². The fourth-order valence-corrected chi connectivity index (χ4v) is 8.64. The molecule has 322 valence electrons. The van der Waals surface area contributed by atoms with E-state index in [1.54, 1.807) is 54.8 Å². The first-order chi connectivity index (χ1) is 31.1. The van der Waals surface area contributed by atoms with E-state index in [4.69, 9.17) is 15.7 Å². The van der Waals surface area contributed by atoms with Crippen molar-refractivity contribution < 1.29 is 0 Å². The molecule has 12 nitrogen and oxygen atoms in total. The third-order valence-corrected chi connectivity index (χ3v) is 12.2. The van der Waals surface area contributed by atoms with E-state index in [1.807, 2.05) is 98.2 Å². The molecule has 9 rings (SSSR count). The lowest BCUT2D eigenvalue weighted by atomic mass is 9.96. The highest BCUT2D eigenvalue weighted by atomic mass is 32.1. The van der Waals surface area contributed by atoms with Gasteiger partial charge in [-0.05, 0) is 90.2 Å². The maximum atomic E-state index is 13.5. The Labute approximate surface area is 376 Å². The van der Waals surface area contributed by atoms with Gasteiger partial charge in [-0.2, -0.15) is 0 Å². The van der Waals surface area contributed by atoms with E-state index in [0.717, 1.165) is 52.1 Å². The van der Waals surface area contributed by atoms with Gasteiger partial charge in [0.05, 0.1) is 22.5 Å². The Kier molecular flexibility index (Phi) is 13.5. The van der Waals surface area contributed by atoms with Crippen LogP contribution in [0.5, 0.6) is 0 Å². The molecular weight excluding hydrogens is 817 g/mol. The van der Waals surface area contributed by atoms with Crippen LogP contribution in [0.4, 0.5) is 11.9 Å². The quantitative estimate of drug-likeness (QED) is 0.109. The van der Waals surface area contributed by atoms with Crippen molar-refractivity contribution in [3.8, 4) is 44.1 Å². The molecule has 0 fully saturated rings. The topological polar surface area (TPSA) is 158 Å². The number of nitrogens with two attached hydrogens (primary N) is 1. The van der Waals surface area contributed by atoms with Gasteiger partial charge in [-0.3, -0.25) is 28.7 Å². The predicted molar refractivity (Wildman–Crippen MR) is 259 cm³/mol. The second-order valence-corrected chi connectivity index (χ2v) is 16.8. The van der Waals surface area contributed by atoms with E-state index in [1.165, 1.54) is 21.3 Å². The summed E-state index contributed by atoms with van der Waals surface area (Å²) in [5.41, 5.74) is 17.1. The molecule has 0 bridgehead atoms. The van der Waals surface area contributed by atoms with Crippen LogP contribution in [0.3, 0.4) is 0 Å². The van der Waals surface area contributed by atoms with E-state index in [0.29, 0.717) is 41.0 Å². The molecule has 1 aliphatic rings. The van der Waals surface area contributed by atoms with Crippen molar-refractivity contribution in [1.82, 2.24) is 34.4 Å². The number of nitrogens with zero attached hydrogens (tertiary/aromatic N) is 7. The summed E-state index contributed by atoms with van der Waals surface area (Å²) in [6, 6.07) is 36.0. The molecule has 1 aliphatic heterocycles. The Bertz CT molecular complexity index is 3020. The summed E-state index contributed by atoms with van der Waals surface area (Å²) >= 11 is 1.55. The third-order valence-electron chi connectivity index (χ3n) is 11.1. The largest absolute Gasteiger partial charge is 0.354 e. The van der Waals surface area contributed by atoms with Crippen LogP contribution in [-0.2, 0) is 33.5 Å². The lowest BCUT2D eigenvalue weighted by Crippen LogP contribution is -2.36. The minimum Gasteiger partial charge on any atom is -0.354 e. The van der Waals surface area contributed by atoms with Gasteiger partial charge in [0.25, 0.3) is 11.1 Å². The molecule has 6 heterocycles. The molecule has 0 saturated heterocycles. The number of benzene rings is 3. The van der Waals surface area contributed by atoms with E-state index in [2.05, 4.69) is 62.0 Å². The van der Waals surface area contributed by atoms with Gasteiger partial charge in [-0.15, -0.1) is 11.3 Å². The van der Waals surface area contributed by atoms with Gasteiger partial charge in [0.2, 0.25) is 11.9 Å². The van der Waals surface area contributed by atoms with Crippen molar-refractivity contribution in [2.45, 2.75) is 45.3 Å². The Morgan fingerprint density at radius 1 is 0.766 bits per heavy atom. The summed E-state index contributed by atoms with van der Waals surface area (Å²) in [5.74, 6) is 0.876. The molecule has 4 N–H and O–H groups in total. The molecule has 0 amide bonds. The minimum atomic E-state index is -0.116. The summed E-state index contributed by atoms with van der Waals surface area (Å²) < 4.78 is 3.08. The van der Waals surface area contributed by atoms with Crippen LogP contribution in [0, 0.1) is 13.8 Å². The fraction of sp³-hybridized carbons (Fsp3) is 0.196. The van der Waals surface area contributed by atoms with E-state index >= 15 is 0 Å². The van der Waals surface area contributed by atoms with Crippen LogP contribution in [0.15, 0.2) is 154 Å². The first kappa shape index (κ1) is 43.5. The van der Waals surface area contributed by atoms with Crippen LogP contribution >= 0.6 is 11.3 Å². The number of thiophene rings is 1. The lowest BCUT2D eigenvalue weighted by molar-refractivity contribution is 0.584. The van der Waals surface area contributed by atoms with Gasteiger partial charge < -0.3 is 16.4 Å². The van der Waals surface area contributed by atoms with Crippen molar-refractivity contribution in [3.05, 3.63) is 188 Å². The molecule has 3 aromatic carbocycles. The van der Waals surface area contributed by atoms with E-state index in [9.17, 15) is 9.59 Å². The average Bonchev–Trinajstić information content (AvgIpc) is 3.76. The summed E-state index contributed by atoms with van der Waals surface area (Å²) in [4.78, 5) is 50.4. The molecule has 0 spiro atoms. The van der Waals surface area contributed by atoms with Crippen molar-refractivity contribution in [1.29, 1.82) is 0 Å². The Balaban J connectivity index is 0.000000175. The maximum absolute atomic E-state index is 13.5. The first-order valence-corrected chi connectivity index (χ1v) is 22.0. The molecule has 2 atom stereocenters. The summed E-state index contributed by atoms with van der Waals surface area (Å²) in [6.07, 6.45) is 10.3. The smallest absolute Gasteiger partial charge is 0.264 e. The van der Waals surface area contributed by atoms with Gasteiger partial charge in [-0.1, -0.05) is 84.4 Å². The number of aliphatic imine (C=N–C) groups is 1. The number of hydrogen-bond donors (Lipinski definition) is 3. The van der Waals surface area contributed by atoms with Crippen molar-refractivity contribution in [2.75, 3.05) is 11.9 Å². The standard InChI is InChI=1S/C26H27N5O.C25H23N5OS/c1-18-7-6-10-21(15-18)23-24(20-11-13-28-14-12-20)30-26(31(2)25(23)32)29-17-22(27)16-19-8-4-3-5-9-19;1-16-11-21(32-15-16)22-23(17-7-9-26-10-8-17)29-25(30(2)24(22)31)28-14-20-12-18-5-3-4-6-19(18)13-27-20/h3-15,22H,16-17,27H2,1-2H3,(H,29,30);3-11,14-15,20,27H,12-13H2,1-2H3/t22-;20-/m00/s1. The van der Waals surface area contributed by atoms with Gasteiger partial charge in [0.1, 0.15) is 0 Å². The summed E-state index contributed by atoms with van der Waals surface area (Å²) in [5, 5.41) is 8.83. The van der Waals surface area contributed by atoms with Crippen LogP contribution in [-0.4, -0.2) is 53.9 Å². The van der Waals surface area contributed by atoms with Crippen molar-refractivity contribution in [3.63, 3.8) is 0 Å². The summed E-state index contributed by atoms with van der Waals surface area (Å²) in [6.45, 7) is 5.34. The van der Waals surface area contributed by atoms with Crippen molar-refractivity contribution in [2.24, 2.45) is 24.8 Å². The number of aryl methyl sites for hydroxylation is 2. The van der Waals surface area contributed by atoms with Crippen LogP contribution in [0.1, 0.15) is 27.8 Å². The number of anilines is 1. The Morgan fingerprint density at radius 2 is 1.42 bits per heavy atom. The SMILES string of the molecule is Cc1cccc(-c2c(-c3ccncc3)nc(NC[C@@H](N)Cc3ccccc3)n(C)c2=O)c1.Cc1csc(-c2c(-c3ccncc3)nc(N=C[C@@H]3Cc4ccccc4CN3)n(C)c2=O)c1. The van der Waals surface area contributed by atoms with Crippen molar-refractivity contribution >= 4 is 29.4 Å². The third kappa shape index (κ3) is 10.0. The van der Waals surface area contributed by atoms with Gasteiger partial charge in [-0.25, -0.2) is 15.0 Å². The molecule has 0 saturated carbocycles. The zero-order valence-corrected chi connectivity index (χ0v) is 37.1. The average molecular weight is 867 g/mol.